The number of anilines is 2. The van der Waals surface area contributed by atoms with Gasteiger partial charge in [-0.25, -0.2) is 0 Å². The molecule has 0 spiro atoms. The third-order valence-corrected chi connectivity index (χ3v) is 3.08. The van der Waals surface area contributed by atoms with Crippen LogP contribution in [0, 0.1) is 12.3 Å². The van der Waals surface area contributed by atoms with E-state index in [1.54, 1.807) is 0 Å². The summed E-state index contributed by atoms with van der Waals surface area (Å²) in [5, 5.41) is 2.42. The summed E-state index contributed by atoms with van der Waals surface area (Å²) in [6.45, 7) is 0. The van der Waals surface area contributed by atoms with Gasteiger partial charge in [0.25, 0.3) is 0 Å². The molecule has 18 heavy (non-hydrogen) atoms. The molecule has 2 aromatic carbocycles. The van der Waals surface area contributed by atoms with Crippen molar-refractivity contribution in [1.82, 2.24) is 0 Å². The molecule has 2 nitrogen and oxygen atoms in total. The Morgan fingerprint density at radius 2 is 1.67 bits per heavy atom. The summed E-state index contributed by atoms with van der Waals surface area (Å²) in [5.74, 6) is 2.78. The average Bonchev–Trinajstić information content (AvgIpc) is 2.35. The molecular formula is C16H18N2. The Bertz CT molecular complexity index is 619. The van der Waals surface area contributed by atoms with E-state index in [-0.39, 0.29) is 0 Å². The van der Waals surface area contributed by atoms with E-state index >= 15 is 0 Å². The van der Waals surface area contributed by atoms with E-state index < -0.39 is 0 Å². The van der Waals surface area contributed by atoms with E-state index in [1.165, 1.54) is 16.5 Å². The molecule has 92 valence electrons. The summed E-state index contributed by atoms with van der Waals surface area (Å²) in [6.07, 6.45) is 5.62. The summed E-state index contributed by atoms with van der Waals surface area (Å²) >= 11 is 0. The summed E-state index contributed by atoms with van der Waals surface area (Å²) in [6, 6.07) is 10.4. The first-order valence-electron chi connectivity index (χ1n) is 5.93. The van der Waals surface area contributed by atoms with Crippen LogP contribution in [0.5, 0.6) is 0 Å². The van der Waals surface area contributed by atoms with Crippen LogP contribution in [0.2, 0.25) is 0 Å². The maximum atomic E-state index is 5.62. The second-order valence-electron chi connectivity index (χ2n) is 4.77. The molecule has 0 aromatic heterocycles. The molecule has 2 rings (SSSR count). The van der Waals surface area contributed by atoms with Gasteiger partial charge in [-0.1, -0.05) is 24.1 Å². The van der Waals surface area contributed by atoms with Crippen molar-refractivity contribution in [3.05, 3.63) is 35.9 Å². The maximum Gasteiger partial charge on any atom is 0.0620 e. The highest BCUT2D eigenvalue weighted by Crippen LogP contribution is 2.36. The normalized spacial score (nSPS) is 10.2. The van der Waals surface area contributed by atoms with Crippen LogP contribution in [0.25, 0.3) is 10.8 Å². The molecular weight excluding hydrogens is 220 g/mol. The van der Waals surface area contributed by atoms with Crippen molar-refractivity contribution in [3.8, 4) is 12.3 Å². The van der Waals surface area contributed by atoms with E-state index in [9.17, 15) is 0 Å². The van der Waals surface area contributed by atoms with E-state index in [0.717, 1.165) is 11.3 Å². The van der Waals surface area contributed by atoms with Crippen molar-refractivity contribution in [2.75, 3.05) is 38.0 Å². The smallest absolute Gasteiger partial charge is 0.0620 e. The summed E-state index contributed by atoms with van der Waals surface area (Å²) in [4.78, 5) is 4.21. The van der Waals surface area contributed by atoms with Gasteiger partial charge in [0.05, 0.1) is 5.69 Å². The first-order chi connectivity index (χ1) is 8.56. The van der Waals surface area contributed by atoms with E-state index in [4.69, 9.17) is 6.42 Å². The van der Waals surface area contributed by atoms with E-state index in [2.05, 4.69) is 54.1 Å². The number of hydrogen-bond donors (Lipinski definition) is 0. The van der Waals surface area contributed by atoms with Gasteiger partial charge in [-0.2, -0.15) is 0 Å². The zero-order valence-electron chi connectivity index (χ0n) is 11.4. The predicted octanol–water partition coefficient (Wildman–Crippen LogP) is 2.95. The Kier molecular flexibility index (Phi) is 3.16. The summed E-state index contributed by atoms with van der Waals surface area (Å²) in [7, 11) is 8.16. The lowest BCUT2D eigenvalue weighted by molar-refractivity contribution is 1.12. The van der Waals surface area contributed by atoms with E-state index in [0.29, 0.717) is 0 Å². The number of hydrogen-bond acceptors (Lipinski definition) is 2. The Morgan fingerprint density at radius 1 is 0.944 bits per heavy atom. The molecule has 0 aliphatic heterocycles. The number of benzene rings is 2. The molecule has 0 atom stereocenters. The topological polar surface area (TPSA) is 6.48 Å². The zero-order chi connectivity index (χ0) is 13.3. The number of rotatable bonds is 2. The molecule has 0 N–H and O–H groups in total. The van der Waals surface area contributed by atoms with Crippen LogP contribution in [-0.2, 0) is 0 Å². The standard InChI is InChI=1S/C16H18N2/c1-6-12-10-11-13-8-7-9-14(17(2)3)15(13)16(12)18(4)5/h1,7-11H,2-5H3. The van der Waals surface area contributed by atoms with Crippen LogP contribution in [0.1, 0.15) is 5.56 Å². The molecule has 2 heteroatoms. The Morgan fingerprint density at radius 3 is 2.22 bits per heavy atom. The van der Waals surface area contributed by atoms with Gasteiger partial charge in [0.1, 0.15) is 0 Å². The average molecular weight is 238 g/mol. The first kappa shape index (κ1) is 12.3. The van der Waals surface area contributed by atoms with Crippen molar-refractivity contribution in [2.45, 2.75) is 0 Å². The molecule has 0 saturated carbocycles. The van der Waals surface area contributed by atoms with Crippen molar-refractivity contribution >= 4 is 22.1 Å². The first-order valence-corrected chi connectivity index (χ1v) is 5.93. The Balaban J connectivity index is 2.94. The van der Waals surface area contributed by atoms with Gasteiger partial charge in [0.15, 0.2) is 0 Å². The lowest BCUT2D eigenvalue weighted by Crippen LogP contribution is -2.14. The molecule has 0 bridgehead atoms. The molecule has 0 saturated heterocycles. The van der Waals surface area contributed by atoms with Crippen molar-refractivity contribution < 1.29 is 0 Å². The Hall–Kier alpha value is -2.14. The molecule has 0 aliphatic rings. The predicted molar refractivity (Wildman–Crippen MR) is 80.5 cm³/mol. The van der Waals surface area contributed by atoms with Gasteiger partial charge in [0.2, 0.25) is 0 Å². The van der Waals surface area contributed by atoms with Crippen LogP contribution >= 0.6 is 0 Å². The molecule has 0 radical (unpaired) electrons. The van der Waals surface area contributed by atoms with Gasteiger partial charge in [-0.15, -0.1) is 6.42 Å². The largest absolute Gasteiger partial charge is 0.377 e. The summed E-state index contributed by atoms with van der Waals surface area (Å²) < 4.78 is 0. The second-order valence-corrected chi connectivity index (χ2v) is 4.77. The number of terminal acetylenes is 1. The molecule has 0 heterocycles. The van der Waals surface area contributed by atoms with Gasteiger partial charge in [-0.05, 0) is 17.5 Å². The van der Waals surface area contributed by atoms with Crippen LogP contribution in [-0.4, -0.2) is 28.2 Å². The van der Waals surface area contributed by atoms with Gasteiger partial charge < -0.3 is 9.80 Å². The quantitative estimate of drug-likeness (QED) is 0.742. The highest BCUT2D eigenvalue weighted by atomic mass is 15.1. The van der Waals surface area contributed by atoms with Crippen LogP contribution in [0.3, 0.4) is 0 Å². The second kappa shape index (κ2) is 4.62. The minimum absolute atomic E-state index is 0.932. The molecule has 0 unspecified atom stereocenters. The highest BCUT2D eigenvalue weighted by Gasteiger charge is 2.12. The van der Waals surface area contributed by atoms with Crippen LogP contribution in [0.15, 0.2) is 30.3 Å². The highest BCUT2D eigenvalue weighted by molar-refractivity contribution is 6.05. The minimum Gasteiger partial charge on any atom is -0.377 e. The van der Waals surface area contributed by atoms with Crippen LogP contribution < -0.4 is 9.80 Å². The molecule has 0 fully saturated rings. The summed E-state index contributed by atoms with van der Waals surface area (Å²) in [5.41, 5.74) is 3.23. The lowest BCUT2D eigenvalue weighted by Gasteiger charge is -2.23. The van der Waals surface area contributed by atoms with Gasteiger partial charge >= 0.3 is 0 Å². The van der Waals surface area contributed by atoms with Crippen molar-refractivity contribution in [2.24, 2.45) is 0 Å². The van der Waals surface area contributed by atoms with Gasteiger partial charge in [-0.3, -0.25) is 0 Å². The fraction of sp³-hybridized carbons (Fsp3) is 0.250. The fourth-order valence-electron chi connectivity index (χ4n) is 2.29. The molecule has 2 aromatic rings. The molecule has 0 aliphatic carbocycles. The maximum absolute atomic E-state index is 5.62. The lowest BCUT2D eigenvalue weighted by atomic mass is 10.0. The van der Waals surface area contributed by atoms with E-state index in [1.807, 2.05) is 20.2 Å². The zero-order valence-corrected chi connectivity index (χ0v) is 11.4. The number of nitrogens with zero attached hydrogens (tertiary/aromatic N) is 2. The fourth-order valence-corrected chi connectivity index (χ4v) is 2.29. The van der Waals surface area contributed by atoms with Gasteiger partial charge in [0, 0.05) is 44.8 Å². The Labute approximate surface area is 109 Å². The monoisotopic (exact) mass is 238 g/mol. The van der Waals surface area contributed by atoms with Crippen molar-refractivity contribution in [3.63, 3.8) is 0 Å². The SMILES string of the molecule is C#Cc1ccc2cccc(N(C)C)c2c1N(C)C. The minimum atomic E-state index is 0.932. The third kappa shape index (κ3) is 1.89. The number of fused-ring (bicyclic) bond motifs is 1. The van der Waals surface area contributed by atoms with Crippen LogP contribution in [0.4, 0.5) is 11.4 Å². The third-order valence-electron chi connectivity index (χ3n) is 3.08. The molecule has 0 amide bonds. The van der Waals surface area contributed by atoms with Crippen molar-refractivity contribution in [1.29, 1.82) is 0 Å².